The van der Waals surface area contributed by atoms with Crippen molar-refractivity contribution in [2.24, 2.45) is 5.92 Å². The number of fused-ring (bicyclic) bond motifs is 1. The van der Waals surface area contributed by atoms with Gasteiger partial charge < -0.3 is 10.2 Å². The highest BCUT2D eigenvalue weighted by molar-refractivity contribution is 6.34. The number of nitrogens with one attached hydrogen (secondary N) is 1. The SMILES string of the molecule is CC(C)Cc1ccc(C(=O)Nc2cc(C(=O)N3CC(c4ccc(-c5ccnc6ccccc56)cc4)C3)ccc2Cl)cn1. The van der Waals surface area contributed by atoms with E-state index in [-0.39, 0.29) is 17.7 Å². The first-order valence-corrected chi connectivity index (χ1v) is 14.5. The Morgan fingerprint density at radius 2 is 1.69 bits per heavy atom. The van der Waals surface area contributed by atoms with E-state index in [9.17, 15) is 9.59 Å². The summed E-state index contributed by atoms with van der Waals surface area (Å²) in [7, 11) is 0. The zero-order valence-electron chi connectivity index (χ0n) is 23.5. The molecule has 1 aliphatic rings. The number of amides is 2. The van der Waals surface area contributed by atoms with Crippen LogP contribution in [0.25, 0.3) is 22.0 Å². The summed E-state index contributed by atoms with van der Waals surface area (Å²) >= 11 is 6.38. The van der Waals surface area contributed by atoms with Crippen LogP contribution in [0.3, 0.4) is 0 Å². The van der Waals surface area contributed by atoms with E-state index in [0.717, 1.165) is 34.1 Å². The van der Waals surface area contributed by atoms with Crippen molar-refractivity contribution < 1.29 is 9.59 Å². The Balaban J connectivity index is 1.09. The second kappa shape index (κ2) is 11.7. The number of carbonyl (C=O) groups is 2. The highest BCUT2D eigenvalue weighted by Gasteiger charge is 2.32. The number of nitrogens with zero attached hydrogens (tertiary/aromatic N) is 3. The lowest BCUT2D eigenvalue weighted by atomic mass is 9.89. The summed E-state index contributed by atoms with van der Waals surface area (Å²) in [4.78, 5) is 36.8. The van der Waals surface area contributed by atoms with Gasteiger partial charge in [0, 0.05) is 48.0 Å². The number of likely N-dealkylation sites (tertiary alicyclic amines) is 1. The maximum Gasteiger partial charge on any atom is 0.257 e. The molecule has 0 saturated carbocycles. The third kappa shape index (κ3) is 5.76. The van der Waals surface area contributed by atoms with Crippen molar-refractivity contribution in [3.8, 4) is 11.1 Å². The fourth-order valence-electron chi connectivity index (χ4n) is 5.37. The number of hydrogen-bond acceptors (Lipinski definition) is 4. The van der Waals surface area contributed by atoms with Gasteiger partial charge in [0.05, 0.1) is 21.8 Å². The van der Waals surface area contributed by atoms with Gasteiger partial charge in [0.1, 0.15) is 0 Å². The number of halogens is 1. The summed E-state index contributed by atoms with van der Waals surface area (Å²) in [6, 6.07) is 27.4. The van der Waals surface area contributed by atoms with Crippen molar-refractivity contribution in [1.82, 2.24) is 14.9 Å². The Bertz CT molecular complexity index is 1760. The first kappa shape index (κ1) is 27.6. The highest BCUT2D eigenvalue weighted by Crippen LogP contribution is 2.33. The number of para-hydroxylation sites is 1. The summed E-state index contributed by atoms with van der Waals surface area (Å²) in [5, 5.41) is 4.33. The van der Waals surface area contributed by atoms with Crippen molar-refractivity contribution in [2.75, 3.05) is 18.4 Å². The molecule has 1 saturated heterocycles. The molecule has 1 N–H and O–H groups in total. The van der Waals surface area contributed by atoms with Gasteiger partial charge in [-0.15, -0.1) is 0 Å². The fraction of sp³-hybridized carbons (Fsp3) is 0.200. The average molecular weight is 575 g/mol. The number of benzene rings is 3. The molecule has 0 unspecified atom stereocenters. The molecular formula is C35H31ClN4O2. The van der Waals surface area contributed by atoms with Crippen molar-refractivity contribution in [3.63, 3.8) is 0 Å². The van der Waals surface area contributed by atoms with Gasteiger partial charge in [-0.1, -0.05) is 67.9 Å². The smallest absolute Gasteiger partial charge is 0.257 e. The molecule has 6 nitrogen and oxygen atoms in total. The lowest BCUT2D eigenvalue weighted by molar-refractivity contribution is 0.0602. The standard InChI is InChI=1S/C35H31ClN4O2/c1-22(2)17-28-13-11-26(19-38-28)34(41)39-33-18-25(12-14-31(33)36)35(42)40-20-27(21-40)23-7-9-24(10-8-23)29-15-16-37-32-6-4-3-5-30(29)32/h3-16,18-19,22,27H,17,20-21H2,1-2H3,(H,39,41). The summed E-state index contributed by atoms with van der Waals surface area (Å²) in [5.74, 6) is 0.349. The topological polar surface area (TPSA) is 75.2 Å². The van der Waals surface area contributed by atoms with Crippen molar-refractivity contribution >= 4 is 40.0 Å². The normalized spacial score (nSPS) is 13.3. The van der Waals surface area contributed by atoms with E-state index in [1.165, 1.54) is 5.56 Å². The van der Waals surface area contributed by atoms with E-state index < -0.39 is 0 Å². The van der Waals surface area contributed by atoms with Gasteiger partial charge in [-0.2, -0.15) is 0 Å². The van der Waals surface area contributed by atoms with Crippen molar-refractivity contribution in [2.45, 2.75) is 26.2 Å². The largest absolute Gasteiger partial charge is 0.337 e. The number of hydrogen-bond donors (Lipinski definition) is 1. The Morgan fingerprint density at radius 3 is 2.43 bits per heavy atom. The molecule has 1 aliphatic heterocycles. The summed E-state index contributed by atoms with van der Waals surface area (Å²) < 4.78 is 0. The second-order valence-electron chi connectivity index (χ2n) is 11.2. The molecule has 42 heavy (non-hydrogen) atoms. The first-order chi connectivity index (χ1) is 20.4. The number of carbonyl (C=O) groups excluding carboxylic acids is 2. The van der Waals surface area contributed by atoms with Gasteiger partial charge in [-0.25, -0.2) is 0 Å². The molecule has 7 heteroatoms. The van der Waals surface area contributed by atoms with Crippen LogP contribution in [0.5, 0.6) is 0 Å². The zero-order chi connectivity index (χ0) is 29.2. The van der Waals surface area contributed by atoms with Crippen LogP contribution in [-0.4, -0.2) is 39.8 Å². The maximum atomic E-state index is 13.3. The number of anilines is 1. The predicted molar refractivity (Wildman–Crippen MR) is 168 cm³/mol. The first-order valence-electron chi connectivity index (χ1n) is 14.1. The monoisotopic (exact) mass is 574 g/mol. The number of aromatic nitrogens is 2. The molecule has 1 fully saturated rings. The van der Waals surface area contributed by atoms with Crippen LogP contribution in [0.4, 0.5) is 5.69 Å². The lowest BCUT2D eigenvalue weighted by Crippen LogP contribution is -2.48. The molecule has 5 aromatic rings. The van der Waals surface area contributed by atoms with E-state index in [0.29, 0.717) is 40.8 Å². The quantitative estimate of drug-likeness (QED) is 0.217. The van der Waals surface area contributed by atoms with Crippen LogP contribution in [0.2, 0.25) is 5.02 Å². The second-order valence-corrected chi connectivity index (χ2v) is 11.6. The molecule has 0 aliphatic carbocycles. The van der Waals surface area contributed by atoms with Gasteiger partial charge in [0.15, 0.2) is 0 Å². The van der Waals surface area contributed by atoms with Crippen LogP contribution in [-0.2, 0) is 6.42 Å². The van der Waals surface area contributed by atoms with Gasteiger partial charge in [0.2, 0.25) is 0 Å². The number of rotatable bonds is 7. The van der Waals surface area contributed by atoms with Crippen LogP contribution < -0.4 is 5.32 Å². The molecule has 3 aromatic carbocycles. The molecule has 0 bridgehead atoms. The summed E-state index contributed by atoms with van der Waals surface area (Å²) in [5.41, 5.74) is 6.74. The van der Waals surface area contributed by atoms with Crippen LogP contribution in [0, 0.1) is 5.92 Å². The van der Waals surface area contributed by atoms with Gasteiger partial charge in [0.25, 0.3) is 11.8 Å². The molecule has 2 amide bonds. The van der Waals surface area contributed by atoms with E-state index in [1.807, 2.05) is 41.4 Å². The minimum absolute atomic E-state index is 0.0852. The van der Waals surface area contributed by atoms with E-state index in [4.69, 9.17) is 11.6 Å². The Morgan fingerprint density at radius 1 is 0.929 bits per heavy atom. The van der Waals surface area contributed by atoms with Crippen LogP contribution in [0.15, 0.2) is 97.3 Å². The van der Waals surface area contributed by atoms with Gasteiger partial charge in [-0.3, -0.25) is 19.6 Å². The molecule has 0 spiro atoms. The molecule has 2 aromatic heterocycles. The van der Waals surface area contributed by atoms with E-state index >= 15 is 0 Å². The average Bonchev–Trinajstić information content (AvgIpc) is 2.97. The summed E-state index contributed by atoms with van der Waals surface area (Å²) in [6.45, 7) is 5.52. The Hall–Kier alpha value is -4.55. The molecule has 0 radical (unpaired) electrons. The Labute approximate surface area is 250 Å². The zero-order valence-corrected chi connectivity index (χ0v) is 24.3. The number of pyridine rings is 2. The minimum Gasteiger partial charge on any atom is -0.337 e. The molecule has 6 rings (SSSR count). The van der Waals surface area contributed by atoms with Crippen molar-refractivity contribution in [1.29, 1.82) is 0 Å². The van der Waals surface area contributed by atoms with E-state index in [2.05, 4.69) is 59.5 Å². The Kier molecular flexibility index (Phi) is 7.72. The maximum absolute atomic E-state index is 13.3. The molecule has 210 valence electrons. The predicted octanol–water partition coefficient (Wildman–Crippen LogP) is 7.64. The van der Waals surface area contributed by atoms with Crippen molar-refractivity contribution in [3.05, 3.63) is 125 Å². The molecule has 0 atom stereocenters. The minimum atomic E-state index is -0.322. The van der Waals surface area contributed by atoms with Crippen LogP contribution >= 0.6 is 11.6 Å². The highest BCUT2D eigenvalue weighted by atomic mass is 35.5. The lowest BCUT2D eigenvalue weighted by Gasteiger charge is -2.39. The van der Waals surface area contributed by atoms with E-state index in [1.54, 1.807) is 30.5 Å². The fourth-order valence-corrected chi connectivity index (χ4v) is 5.53. The van der Waals surface area contributed by atoms with Crippen LogP contribution in [0.1, 0.15) is 51.7 Å². The summed E-state index contributed by atoms with van der Waals surface area (Å²) in [6.07, 6.45) is 4.27. The third-order valence-electron chi connectivity index (χ3n) is 7.68. The third-order valence-corrected chi connectivity index (χ3v) is 8.01. The van der Waals surface area contributed by atoms with Gasteiger partial charge >= 0.3 is 0 Å². The molecule has 3 heterocycles. The van der Waals surface area contributed by atoms with Gasteiger partial charge in [-0.05, 0) is 71.5 Å². The molecular weight excluding hydrogens is 544 g/mol.